The molecule has 4 rings (SSSR count). The van der Waals surface area contributed by atoms with E-state index in [1.165, 1.54) is 19.4 Å². The van der Waals surface area contributed by atoms with Gasteiger partial charge < -0.3 is 14.4 Å². The Morgan fingerprint density at radius 1 is 1.13 bits per heavy atom. The fraction of sp³-hybridized carbons (Fsp3) is 0.417. The summed E-state index contributed by atoms with van der Waals surface area (Å²) in [6, 6.07) is 13.9. The molecule has 6 heteroatoms. The first kappa shape index (κ1) is 20.4. The third-order valence-corrected chi connectivity index (χ3v) is 5.94. The predicted octanol–water partition coefficient (Wildman–Crippen LogP) is 3.86. The monoisotopic (exact) mass is 407 g/mol. The number of benzene rings is 2. The van der Waals surface area contributed by atoms with E-state index >= 15 is 0 Å². The van der Waals surface area contributed by atoms with Crippen molar-refractivity contribution in [1.82, 2.24) is 14.5 Å². The van der Waals surface area contributed by atoms with E-state index in [-0.39, 0.29) is 5.56 Å². The minimum Gasteiger partial charge on any atom is -0.497 e. The lowest BCUT2D eigenvalue weighted by Crippen LogP contribution is -2.28. The highest BCUT2D eigenvalue weighted by Gasteiger charge is 2.19. The molecule has 6 nitrogen and oxygen atoms in total. The van der Waals surface area contributed by atoms with Crippen molar-refractivity contribution in [3.63, 3.8) is 0 Å². The Hall–Kier alpha value is -2.86. The zero-order chi connectivity index (χ0) is 21.1. The highest BCUT2D eigenvalue weighted by atomic mass is 16.5. The van der Waals surface area contributed by atoms with E-state index in [1.54, 1.807) is 24.8 Å². The lowest BCUT2D eigenvalue weighted by atomic mass is 10.1. The second kappa shape index (κ2) is 8.88. The van der Waals surface area contributed by atoms with Gasteiger partial charge in [0.05, 0.1) is 24.6 Å². The van der Waals surface area contributed by atoms with Crippen molar-refractivity contribution in [3.05, 3.63) is 52.8 Å². The number of hydrogen-bond donors (Lipinski definition) is 0. The van der Waals surface area contributed by atoms with Crippen LogP contribution in [0.5, 0.6) is 11.5 Å². The molecular formula is C24H29N3O3. The number of rotatable bonds is 7. The highest BCUT2D eigenvalue weighted by molar-refractivity contribution is 5.81. The average Bonchev–Trinajstić information content (AvgIpc) is 3.18. The quantitative estimate of drug-likeness (QED) is 0.557. The van der Waals surface area contributed by atoms with Gasteiger partial charge in [0.1, 0.15) is 17.3 Å². The second-order valence-electron chi connectivity index (χ2n) is 7.94. The van der Waals surface area contributed by atoms with Crippen LogP contribution in [-0.4, -0.2) is 47.3 Å². The van der Waals surface area contributed by atoms with Crippen LogP contribution in [0, 0.1) is 0 Å². The number of methoxy groups -OCH3 is 1. The smallest absolute Gasteiger partial charge is 0.261 e. The molecule has 1 aliphatic heterocycles. The van der Waals surface area contributed by atoms with Crippen LogP contribution in [0.1, 0.15) is 26.2 Å². The molecule has 0 aliphatic carbocycles. The SMILES string of the molecule is COc1ccc2nc(-c3ccc(OCCCN4CCC[C@H]4C)cc3)n(C)c(=O)c2c1. The Balaban J connectivity index is 1.45. The van der Waals surface area contributed by atoms with Crippen LogP contribution in [0.4, 0.5) is 0 Å². The van der Waals surface area contributed by atoms with Crippen molar-refractivity contribution in [2.75, 3.05) is 26.8 Å². The minimum atomic E-state index is -0.0923. The van der Waals surface area contributed by atoms with Crippen molar-refractivity contribution in [2.24, 2.45) is 7.05 Å². The normalized spacial score (nSPS) is 16.8. The van der Waals surface area contributed by atoms with E-state index in [9.17, 15) is 4.79 Å². The lowest BCUT2D eigenvalue weighted by molar-refractivity contribution is 0.230. The summed E-state index contributed by atoms with van der Waals surface area (Å²) in [6.07, 6.45) is 3.64. The van der Waals surface area contributed by atoms with Gasteiger partial charge in [-0.3, -0.25) is 9.36 Å². The first-order valence-corrected chi connectivity index (χ1v) is 10.6. The van der Waals surface area contributed by atoms with Gasteiger partial charge in [0.15, 0.2) is 0 Å². The molecule has 2 heterocycles. The molecule has 0 amide bonds. The molecule has 30 heavy (non-hydrogen) atoms. The van der Waals surface area contributed by atoms with Gasteiger partial charge in [0.2, 0.25) is 0 Å². The van der Waals surface area contributed by atoms with Gasteiger partial charge >= 0.3 is 0 Å². The molecule has 2 aromatic carbocycles. The van der Waals surface area contributed by atoms with Gasteiger partial charge in [0, 0.05) is 25.2 Å². The molecule has 3 aromatic rings. The van der Waals surface area contributed by atoms with Crippen LogP contribution >= 0.6 is 0 Å². The molecule has 1 aliphatic rings. The van der Waals surface area contributed by atoms with Crippen LogP contribution in [0.15, 0.2) is 47.3 Å². The van der Waals surface area contributed by atoms with Crippen molar-refractivity contribution < 1.29 is 9.47 Å². The van der Waals surface area contributed by atoms with Crippen LogP contribution in [0.3, 0.4) is 0 Å². The van der Waals surface area contributed by atoms with Crippen LogP contribution in [0.25, 0.3) is 22.3 Å². The fourth-order valence-corrected chi connectivity index (χ4v) is 4.12. The number of likely N-dealkylation sites (tertiary alicyclic amines) is 1. The summed E-state index contributed by atoms with van der Waals surface area (Å²) in [5, 5.41) is 0.549. The summed E-state index contributed by atoms with van der Waals surface area (Å²) >= 11 is 0. The van der Waals surface area contributed by atoms with Gasteiger partial charge in [-0.1, -0.05) is 0 Å². The number of hydrogen-bond acceptors (Lipinski definition) is 5. The van der Waals surface area contributed by atoms with Crippen LogP contribution < -0.4 is 15.0 Å². The Kier molecular flexibility index (Phi) is 6.04. The maximum absolute atomic E-state index is 12.8. The minimum absolute atomic E-state index is 0.0923. The molecule has 0 radical (unpaired) electrons. The van der Waals surface area contributed by atoms with Gasteiger partial charge in [-0.15, -0.1) is 0 Å². The van der Waals surface area contributed by atoms with Gasteiger partial charge in [0.25, 0.3) is 5.56 Å². The van der Waals surface area contributed by atoms with E-state index in [1.807, 2.05) is 36.4 Å². The molecule has 1 aromatic heterocycles. The number of ether oxygens (including phenoxy) is 2. The summed E-state index contributed by atoms with van der Waals surface area (Å²) in [7, 11) is 3.33. The standard InChI is InChI=1S/C24H29N3O3/c1-17-6-4-13-27(17)14-5-15-30-19-9-7-18(8-10-19)23-25-22-12-11-20(29-3)16-21(22)24(28)26(23)2/h7-12,16-17H,4-6,13-15H2,1-3H3/t17-/m1/s1. The Labute approximate surface area is 177 Å². The largest absolute Gasteiger partial charge is 0.497 e. The maximum Gasteiger partial charge on any atom is 0.261 e. The molecule has 0 N–H and O–H groups in total. The number of nitrogens with zero attached hydrogens (tertiary/aromatic N) is 3. The molecule has 1 atom stereocenters. The topological polar surface area (TPSA) is 56.6 Å². The third-order valence-electron chi connectivity index (χ3n) is 5.94. The zero-order valence-electron chi connectivity index (χ0n) is 17.9. The zero-order valence-corrected chi connectivity index (χ0v) is 17.9. The molecule has 0 spiro atoms. The van der Waals surface area contributed by atoms with Crippen molar-refractivity contribution >= 4 is 10.9 Å². The Morgan fingerprint density at radius 3 is 2.60 bits per heavy atom. The van der Waals surface area contributed by atoms with Gasteiger partial charge in [-0.25, -0.2) is 4.98 Å². The summed E-state index contributed by atoms with van der Waals surface area (Å²) in [5.41, 5.74) is 1.45. The van der Waals surface area contributed by atoms with E-state index in [0.717, 1.165) is 24.3 Å². The first-order valence-electron chi connectivity index (χ1n) is 10.6. The summed E-state index contributed by atoms with van der Waals surface area (Å²) in [6.45, 7) is 5.31. The number of fused-ring (bicyclic) bond motifs is 1. The molecular weight excluding hydrogens is 378 g/mol. The highest BCUT2D eigenvalue weighted by Crippen LogP contribution is 2.23. The molecule has 0 unspecified atom stereocenters. The Bertz CT molecular complexity index is 1080. The third kappa shape index (κ3) is 4.19. The molecule has 1 saturated heterocycles. The second-order valence-corrected chi connectivity index (χ2v) is 7.94. The molecule has 0 bridgehead atoms. The van der Waals surface area contributed by atoms with Gasteiger partial charge in [-0.2, -0.15) is 0 Å². The Morgan fingerprint density at radius 2 is 1.90 bits per heavy atom. The van der Waals surface area contributed by atoms with Crippen molar-refractivity contribution in [1.29, 1.82) is 0 Å². The van der Waals surface area contributed by atoms with Crippen LogP contribution in [0.2, 0.25) is 0 Å². The molecule has 0 saturated carbocycles. The van der Waals surface area contributed by atoms with Crippen molar-refractivity contribution in [2.45, 2.75) is 32.2 Å². The average molecular weight is 408 g/mol. The molecule has 1 fully saturated rings. The predicted molar refractivity (Wildman–Crippen MR) is 119 cm³/mol. The van der Waals surface area contributed by atoms with Crippen LogP contribution in [-0.2, 0) is 7.05 Å². The lowest BCUT2D eigenvalue weighted by Gasteiger charge is -2.20. The van der Waals surface area contributed by atoms with E-state index in [2.05, 4.69) is 11.8 Å². The molecule has 158 valence electrons. The first-order chi connectivity index (χ1) is 14.6. The van der Waals surface area contributed by atoms with Gasteiger partial charge in [-0.05, 0) is 75.2 Å². The summed E-state index contributed by atoms with van der Waals surface area (Å²) in [4.78, 5) is 20.0. The fourth-order valence-electron chi connectivity index (χ4n) is 4.12. The van der Waals surface area contributed by atoms with Crippen molar-refractivity contribution in [3.8, 4) is 22.9 Å². The summed E-state index contributed by atoms with van der Waals surface area (Å²) < 4.78 is 12.7. The van der Waals surface area contributed by atoms with E-state index in [0.29, 0.717) is 35.1 Å². The maximum atomic E-state index is 12.8. The van der Waals surface area contributed by atoms with E-state index in [4.69, 9.17) is 14.5 Å². The number of aromatic nitrogens is 2. The van der Waals surface area contributed by atoms with E-state index < -0.39 is 0 Å². The summed E-state index contributed by atoms with van der Waals surface area (Å²) in [5.74, 6) is 2.12.